The van der Waals surface area contributed by atoms with Crippen LogP contribution in [0.3, 0.4) is 0 Å². The van der Waals surface area contributed by atoms with Crippen LogP contribution in [0.15, 0.2) is 54.7 Å². The molecule has 4 nitrogen and oxygen atoms in total. The Labute approximate surface area is 136 Å². The summed E-state index contributed by atoms with van der Waals surface area (Å²) in [5.41, 5.74) is 1.34. The van der Waals surface area contributed by atoms with Crippen LogP contribution in [-0.2, 0) is 18.7 Å². The van der Waals surface area contributed by atoms with E-state index in [1.54, 1.807) is 0 Å². The lowest BCUT2D eigenvalue weighted by molar-refractivity contribution is -0.107. The molecular formula is C19H21N3O. The van der Waals surface area contributed by atoms with Crippen molar-refractivity contribution in [3.05, 3.63) is 66.0 Å². The fourth-order valence-corrected chi connectivity index (χ4v) is 3.50. The first kappa shape index (κ1) is 14.4. The maximum atomic E-state index is 11.0. The van der Waals surface area contributed by atoms with Gasteiger partial charge in [0.15, 0.2) is 0 Å². The van der Waals surface area contributed by atoms with Crippen molar-refractivity contribution in [2.24, 2.45) is 0 Å². The molecule has 3 aromatic rings. The molecule has 0 radical (unpaired) electrons. The Hall–Kier alpha value is -2.17. The Balaban J connectivity index is 1.52. The average Bonchev–Trinajstić information content (AvgIpc) is 3.00. The molecule has 2 heterocycles. The fraction of sp³-hybridized carbons (Fsp3) is 0.316. The van der Waals surface area contributed by atoms with Gasteiger partial charge in [-0.25, -0.2) is 0 Å². The fourth-order valence-electron chi connectivity index (χ4n) is 3.50. The van der Waals surface area contributed by atoms with Crippen LogP contribution in [0.25, 0.3) is 10.8 Å². The molecule has 0 spiro atoms. The van der Waals surface area contributed by atoms with E-state index in [0.717, 1.165) is 29.7 Å². The second kappa shape index (κ2) is 5.48. The highest BCUT2D eigenvalue weighted by molar-refractivity contribution is 5.86. The Morgan fingerprint density at radius 1 is 1.09 bits per heavy atom. The van der Waals surface area contributed by atoms with Gasteiger partial charge in [-0.3, -0.25) is 9.58 Å². The van der Waals surface area contributed by atoms with E-state index in [-0.39, 0.29) is 0 Å². The van der Waals surface area contributed by atoms with Gasteiger partial charge in [0.25, 0.3) is 0 Å². The van der Waals surface area contributed by atoms with E-state index >= 15 is 0 Å². The number of fused-ring (bicyclic) bond motifs is 1. The Morgan fingerprint density at radius 2 is 1.87 bits per heavy atom. The number of β-amino-alcohol motifs (C(OH)–C–C–N with tert-alkyl or cyclic N) is 1. The number of aromatic nitrogens is 2. The van der Waals surface area contributed by atoms with Crippen LogP contribution in [0.4, 0.5) is 0 Å². The maximum absolute atomic E-state index is 11.0. The van der Waals surface area contributed by atoms with Crippen molar-refractivity contribution in [1.82, 2.24) is 14.7 Å². The smallest absolute Gasteiger partial charge is 0.115 e. The van der Waals surface area contributed by atoms with Gasteiger partial charge in [0.05, 0.1) is 5.69 Å². The SMILES string of the molecule is CCn1ccc(CN2CC(O)(c3cccc4ccccc34)C2)n1. The molecule has 4 heteroatoms. The van der Waals surface area contributed by atoms with Gasteiger partial charge in [0.1, 0.15) is 5.60 Å². The summed E-state index contributed by atoms with van der Waals surface area (Å²) >= 11 is 0. The van der Waals surface area contributed by atoms with Crippen LogP contribution in [0.2, 0.25) is 0 Å². The van der Waals surface area contributed by atoms with E-state index in [0.29, 0.717) is 13.1 Å². The third kappa shape index (κ3) is 2.54. The van der Waals surface area contributed by atoms with Gasteiger partial charge in [0, 0.05) is 32.4 Å². The molecule has 1 aromatic heterocycles. The minimum Gasteiger partial charge on any atom is -0.382 e. The summed E-state index contributed by atoms with van der Waals surface area (Å²) in [6.07, 6.45) is 2.01. The lowest BCUT2D eigenvalue weighted by Gasteiger charge is -2.47. The Bertz CT molecular complexity index is 828. The van der Waals surface area contributed by atoms with Crippen molar-refractivity contribution in [2.75, 3.05) is 13.1 Å². The van der Waals surface area contributed by atoms with Crippen LogP contribution < -0.4 is 0 Å². The van der Waals surface area contributed by atoms with E-state index in [9.17, 15) is 5.11 Å². The highest BCUT2D eigenvalue weighted by atomic mass is 16.3. The summed E-state index contributed by atoms with van der Waals surface area (Å²) in [5, 5.41) is 17.9. The predicted molar refractivity (Wildman–Crippen MR) is 91.0 cm³/mol. The highest BCUT2D eigenvalue weighted by Crippen LogP contribution is 2.36. The Kier molecular flexibility index (Phi) is 3.43. The van der Waals surface area contributed by atoms with Crippen molar-refractivity contribution in [1.29, 1.82) is 0 Å². The molecule has 0 saturated carbocycles. The highest BCUT2D eigenvalue weighted by Gasteiger charge is 2.43. The summed E-state index contributed by atoms with van der Waals surface area (Å²) < 4.78 is 1.94. The maximum Gasteiger partial charge on any atom is 0.115 e. The molecule has 23 heavy (non-hydrogen) atoms. The zero-order valence-corrected chi connectivity index (χ0v) is 13.3. The standard InChI is InChI=1S/C19H21N3O/c1-2-22-11-10-16(20-22)12-21-13-19(23,14-21)18-9-5-7-15-6-3-4-8-17(15)18/h3-11,23H,2,12-14H2,1H3. The van der Waals surface area contributed by atoms with Gasteiger partial charge in [-0.05, 0) is 29.3 Å². The van der Waals surface area contributed by atoms with E-state index in [2.05, 4.69) is 41.2 Å². The van der Waals surface area contributed by atoms with Crippen LogP contribution in [0.1, 0.15) is 18.2 Å². The lowest BCUT2D eigenvalue weighted by atomic mass is 9.83. The topological polar surface area (TPSA) is 41.3 Å². The van der Waals surface area contributed by atoms with Gasteiger partial charge in [-0.2, -0.15) is 5.10 Å². The molecule has 1 fully saturated rings. The molecule has 1 aliphatic rings. The van der Waals surface area contributed by atoms with Crippen LogP contribution in [0.5, 0.6) is 0 Å². The number of aliphatic hydroxyl groups is 1. The molecule has 0 amide bonds. The molecule has 1 saturated heterocycles. The first-order valence-electron chi connectivity index (χ1n) is 8.13. The number of nitrogens with zero attached hydrogens (tertiary/aromatic N) is 3. The number of likely N-dealkylation sites (tertiary alicyclic amines) is 1. The zero-order chi connectivity index (χ0) is 15.9. The summed E-state index contributed by atoms with van der Waals surface area (Å²) in [6, 6.07) is 16.5. The monoisotopic (exact) mass is 307 g/mol. The van der Waals surface area contributed by atoms with Crippen molar-refractivity contribution in [2.45, 2.75) is 25.6 Å². The van der Waals surface area contributed by atoms with E-state index in [4.69, 9.17) is 0 Å². The van der Waals surface area contributed by atoms with E-state index < -0.39 is 5.60 Å². The molecule has 0 bridgehead atoms. The number of benzene rings is 2. The quantitative estimate of drug-likeness (QED) is 0.806. The molecule has 0 aliphatic carbocycles. The van der Waals surface area contributed by atoms with Crippen LogP contribution in [0, 0.1) is 0 Å². The predicted octanol–water partition coefficient (Wildman–Crippen LogP) is 2.76. The zero-order valence-electron chi connectivity index (χ0n) is 13.3. The van der Waals surface area contributed by atoms with Crippen molar-refractivity contribution in [3.63, 3.8) is 0 Å². The molecule has 0 atom stereocenters. The molecule has 4 rings (SSSR count). The summed E-state index contributed by atoms with van der Waals surface area (Å²) in [5.74, 6) is 0. The van der Waals surface area contributed by atoms with Crippen molar-refractivity contribution < 1.29 is 5.11 Å². The van der Waals surface area contributed by atoms with Gasteiger partial charge < -0.3 is 5.11 Å². The van der Waals surface area contributed by atoms with Crippen molar-refractivity contribution in [3.8, 4) is 0 Å². The molecule has 2 aromatic carbocycles. The van der Waals surface area contributed by atoms with Gasteiger partial charge in [-0.15, -0.1) is 0 Å². The number of hydrogen-bond donors (Lipinski definition) is 1. The third-order valence-corrected chi connectivity index (χ3v) is 4.67. The molecule has 118 valence electrons. The average molecular weight is 307 g/mol. The first-order valence-corrected chi connectivity index (χ1v) is 8.13. The lowest BCUT2D eigenvalue weighted by Crippen LogP contribution is -2.58. The number of hydrogen-bond acceptors (Lipinski definition) is 3. The number of rotatable bonds is 4. The summed E-state index contributed by atoms with van der Waals surface area (Å²) in [6.45, 7) is 5.07. The molecular weight excluding hydrogens is 286 g/mol. The second-order valence-corrected chi connectivity index (χ2v) is 6.37. The third-order valence-electron chi connectivity index (χ3n) is 4.67. The largest absolute Gasteiger partial charge is 0.382 e. The van der Waals surface area contributed by atoms with Gasteiger partial charge in [0.2, 0.25) is 0 Å². The van der Waals surface area contributed by atoms with Gasteiger partial charge in [-0.1, -0.05) is 42.5 Å². The molecule has 1 N–H and O–H groups in total. The molecule has 1 aliphatic heterocycles. The van der Waals surface area contributed by atoms with Crippen LogP contribution in [-0.4, -0.2) is 32.9 Å². The van der Waals surface area contributed by atoms with Crippen molar-refractivity contribution >= 4 is 10.8 Å². The Morgan fingerprint density at radius 3 is 2.65 bits per heavy atom. The van der Waals surface area contributed by atoms with Gasteiger partial charge >= 0.3 is 0 Å². The second-order valence-electron chi connectivity index (χ2n) is 6.37. The number of aryl methyl sites for hydroxylation is 1. The van der Waals surface area contributed by atoms with Crippen LogP contribution >= 0.6 is 0 Å². The minimum atomic E-state index is -0.756. The summed E-state index contributed by atoms with van der Waals surface area (Å²) in [4.78, 5) is 2.24. The van der Waals surface area contributed by atoms with E-state index in [1.165, 1.54) is 5.39 Å². The summed E-state index contributed by atoms with van der Waals surface area (Å²) in [7, 11) is 0. The normalized spacial score (nSPS) is 17.3. The van der Waals surface area contributed by atoms with E-state index in [1.807, 2.05) is 35.1 Å². The first-order chi connectivity index (χ1) is 11.2. The minimum absolute atomic E-state index is 0.653. The molecule has 0 unspecified atom stereocenters.